The summed E-state index contributed by atoms with van der Waals surface area (Å²) in [5.74, 6) is 0.754. The van der Waals surface area contributed by atoms with Gasteiger partial charge in [0.2, 0.25) is 12.2 Å². The first kappa shape index (κ1) is 9.81. The average molecular weight is 181 g/mol. The Morgan fingerprint density at radius 3 is 2.54 bits per heavy atom. The molecule has 0 atom stereocenters. The third-order valence-corrected chi connectivity index (χ3v) is 1.95. The lowest BCUT2D eigenvalue weighted by Gasteiger charge is -2.32. The summed E-state index contributed by atoms with van der Waals surface area (Å²) in [6.45, 7) is 3.74. The highest BCUT2D eigenvalue weighted by Gasteiger charge is 2.15. The van der Waals surface area contributed by atoms with Gasteiger partial charge in [0.1, 0.15) is 0 Å². The van der Waals surface area contributed by atoms with E-state index in [1.165, 1.54) is 0 Å². The highest BCUT2D eigenvalue weighted by atomic mass is 15.4. The first-order valence-electron chi connectivity index (χ1n) is 4.35. The highest BCUT2D eigenvalue weighted by molar-refractivity contribution is 5.80. The van der Waals surface area contributed by atoms with E-state index in [2.05, 4.69) is 15.2 Å². The second kappa shape index (κ2) is 4.67. The molecular formula is C8H15N5. The molecule has 13 heavy (non-hydrogen) atoms. The number of rotatable bonds is 0. The fourth-order valence-electron chi connectivity index (χ4n) is 1.36. The molecule has 1 rings (SSSR count). The summed E-state index contributed by atoms with van der Waals surface area (Å²) in [6, 6.07) is 0. The molecule has 1 aliphatic heterocycles. The Labute approximate surface area is 78.6 Å². The molecule has 0 radical (unpaired) electrons. The van der Waals surface area contributed by atoms with E-state index in [1.807, 2.05) is 25.2 Å². The van der Waals surface area contributed by atoms with Crippen molar-refractivity contribution in [3.8, 4) is 6.19 Å². The number of aliphatic imine (C=N–C) groups is 1. The van der Waals surface area contributed by atoms with Crippen LogP contribution in [0.15, 0.2) is 4.99 Å². The zero-order chi connectivity index (χ0) is 9.68. The van der Waals surface area contributed by atoms with Crippen LogP contribution in [0.1, 0.15) is 0 Å². The fraction of sp³-hybridized carbons (Fsp3) is 0.750. The molecule has 0 aliphatic carbocycles. The summed E-state index contributed by atoms with van der Waals surface area (Å²) >= 11 is 0. The molecule has 0 spiro atoms. The molecule has 0 aromatic rings. The standard InChI is InChI=1S/C8H15N5/c1-12(2)8(11-7-9)13-5-3-10-4-6-13/h10H,3-6H2,1-2H3. The molecule has 0 saturated carbocycles. The molecule has 1 aliphatic rings. The smallest absolute Gasteiger partial charge is 0.212 e. The molecular weight excluding hydrogens is 166 g/mol. The molecule has 0 amide bonds. The van der Waals surface area contributed by atoms with Crippen molar-refractivity contribution in [2.75, 3.05) is 40.3 Å². The molecule has 0 aromatic carbocycles. The largest absolute Gasteiger partial charge is 0.348 e. The van der Waals surface area contributed by atoms with Crippen molar-refractivity contribution in [2.24, 2.45) is 4.99 Å². The lowest BCUT2D eigenvalue weighted by Crippen LogP contribution is -2.50. The number of hydrogen-bond acceptors (Lipinski definition) is 3. The molecule has 5 heteroatoms. The SMILES string of the molecule is CN(C)C(=NC#N)N1CCNCC1. The van der Waals surface area contributed by atoms with Gasteiger partial charge in [-0.3, -0.25) is 0 Å². The van der Waals surface area contributed by atoms with Gasteiger partial charge in [0, 0.05) is 40.3 Å². The summed E-state index contributed by atoms with van der Waals surface area (Å²) < 4.78 is 0. The molecule has 0 unspecified atom stereocenters. The zero-order valence-corrected chi connectivity index (χ0v) is 8.12. The number of guanidine groups is 1. The van der Waals surface area contributed by atoms with Gasteiger partial charge >= 0.3 is 0 Å². The maximum Gasteiger partial charge on any atom is 0.212 e. The van der Waals surface area contributed by atoms with Crippen LogP contribution in [0.5, 0.6) is 0 Å². The van der Waals surface area contributed by atoms with Crippen molar-refractivity contribution in [1.82, 2.24) is 15.1 Å². The number of nitrogens with one attached hydrogen (secondary N) is 1. The quantitative estimate of drug-likeness (QED) is 0.305. The van der Waals surface area contributed by atoms with E-state index in [0.29, 0.717) is 0 Å². The Morgan fingerprint density at radius 2 is 2.08 bits per heavy atom. The number of nitrogens with zero attached hydrogens (tertiary/aromatic N) is 4. The van der Waals surface area contributed by atoms with Crippen LogP contribution in [-0.2, 0) is 0 Å². The first-order valence-corrected chi connectivity index (χ1v) is 4.35. The van der Waals surface area contributed by atoms with Crippen molar-refractivity contribution >= 4 is 5.96 Å². The topological polar surface area (TPSA) is 54.7 Å². The normalized spacial score (nSPS) is 18.2. The predicted molar refractivity (Wildman–Crippen MR) is 51.2 cm³/mol. The minimum Gasteiger partial charge on any atom is -0.348 e. The van der Waals surface area contributed by atoms with E-state index in [9.17, 15) is 0 Å². The maximum atomic E-state index is 8.51. The first-order chi connectivity index (χ1) is 6.25. The lowest BCUT2D eigenvalue weighted by atomic mass is 10.4. The van der Waals surface area contributed by atoms with Crippen molar-refractivity contribution < 1.29 is 0 Å². The Morgan fingerprint density at radius 1 is 1.46 bits per heavy atom. The average Bonchev–Trinajstić information content (AvgIpc) is 2.15. The van der Waals surface area contributed by atoms with Crippen LogP contribution >= 0.6 is 0 Å². The molecule has 1 N–H and O–H groups in total. The van der Waals surface area contributed by atoms with Crippen LogP contribution in [0.25, 0.3) is 0 Å². The van der Waals surface area contributed by atoms with E-state index < -0.39 is 0 Å². The van der Waals surface area contributed by atoms with E-state index in [1.54, 1.807) is 0 Å². The zero-order valence-electron chi connectivity index (χ0n) is 8.12. The third-order valence-electron chi connectivity index (χ3n) is 1.95. The van der Waals surface area contributed by atoms with E-state index in [-0.39, 0.29) is 0 Å². The second-order valence-corrected chi connectivity index (χ2v) is 3.14. The Bertz CT molecular complexity index is 221. The van der Waals surface area contributed by atoms with Crippen LogP contribution in [0.4, 0.5) is 0 Å². The lowest BCUT2D eigenvalue weighted by molar-refractivity contribution is 0.322. The van der Waals surface area contributed by atoms with E-state index >= 15 is 0 Å². The number of hydrogen-bond donors (Lipinski definition) is 1. The molecule has 1 heterocycles. The van der Waals surface area contributed by atoms with Crippen molar-refractivity contribution in [3.05, 3.63) is 0 Å². The van der Waals surface area contributed by atoms with Crippen LogP contribution < -0.4 is 5.32 Å². The summed E-state index contributed by atoms with van der Waals surface area (Å²) in [5, 5.41) is 11.8. The Hall–Kier alpha value is -1.28. The van der Waals surface area contributed by atoms with Gasteiger partial charge in [-0.2, -0.15) is 5.26 Å². The van der Waals surface area contributed by atoms with Gasteiger partial charge in [-0.1, -0.05) is 0 Å². The van der Waals surface area contributed by atoms with Crippen molar-refractivity contribution in [3.63, 3.8) is 0 Å². The Kier molecular flexibility index (Phi) is 3.53. The summed E-state index contributed by atoms with van der Waals surface area (Å²) in [7, 11) is 3.80. The van der Waals surface area contributed by atoms with Crippen molar-refractivity contribution in [1.29, 1.82) is 5.26 Å². The van der Waals surface area contributed by atoms with E-state index in [0.717, 1.165) is 32.1 Å². The summed E-state index contributed by atoms with van der Waals surface area (Å²) in [6.07, 6.45) is 1.83. The van der Waals surface area contributed by atoms with Gasteiger partial charge in [-0.15, -0.1) is 4.99 Å². The van der Waals surface area contributed by atoms with Crippen LogP contribution in [0.3, 0.4) is 0 Å². The number of piperazine rings is 1. The van der Waals surface area contributed by atoms with Gasteiger partial charge in [0.15, 0.2) is 0 Å². The minimum absolute atomic E-state index is 0.754. The van der Waals surface area contributed by atoms with Crippen LogP contribution in [-0.4, -0.2) is 56.0 Å². The van der Waals surface area contributed by atoms with Crippen LogP contribution in [0, 0.1) is 11.5 Å². The molecule has 72 valence electrons. The van der Waals surface area contributed by atoms with Gasteiger partial charge < -0.3 is 15.1 Å². The van der Waals surface area contributed by atoms with Crippen LogP contribution in [0.2, 0.25) is 0 Å². The molecule has 1 saturated heterocycles. The van der Waals surface area contributed by atoms with Gasteiger partial charge in [-0.25, -0.2) is 0 Å². The highest BCUT2D eigenvalue weighted by Crippen LogP contribution is 1.97. The maximum absolute atomic E-state index is 8.51. The van der Waals surface area contributed by atoms with Crippen molar-refractivity contribution in [2.45, 2.75) is 0 Å². The van der Waals surface area contributed by atoms with Gasteiger partial charge in [-0.05, 0) is 0 Å². The Balaban J connectivity index is 2.64. The monoisotopic (exact) mass is 181 g/mol. The minimum atomic E-state index is 0.754. The third kappa shape index (κ3) is 2.60. The van der Waals surface area contributed by atoms with E-state index in [4.69, 9.17) is 5.26 Å². The predicted octanol–water partition coefficient (Wildman–Crippen LogP) is -0.710. The van der Waals surface area contributed by atoms with Gasteiger partial charge in [0.05, 0.1) is 0 Å². The molecule has 0 bridgehead atoms. The van der Waals surface area contributed by atoms with Gasteiger partial charge in [0.25, 0.3) is 0 Å². The summed E-state index contributed by atoms with van der Waals surface area (Å²) in [5.41, 5.74) is 0. The fourth-order valence-corrected chi connectivity index (χ4v) is 1.36. The molecule has 1 fully saturated rings. The second-order valence-electron chi connectivity index (χ2n) is 3.14. The number of nitriles is 1. The molecule has 5 nitrogen and oxygen atoms in total. The molecule has 0 aromatic heterocycles. The summed E-state index contributed by atoms with van der Waals surface area (Å²) in [4.78, 5) is 7.77.